The van der Waals surface area contributed by atoms with Crippen LogP contribution in [-0.4, -0.2) is 11.1 Å². The highest BCUT2D eigenvalue weighted by atomic mass is 79.9. The van der Waals surface area contributed by atoms with Gasteiger partial charge in [-0.1, -0.05) is 34.1 Å². The molecule has 0 bridgehead atoms. The summed E-state index contributed by atoms with van der Waals surface area (Å²) in [6.07, 6.45) is 0. The predicted molar refractivity (Wildman–Crippen MR) is 54.0 cm³/mol. The van der Waals surface area contributed by atoms with E-state index < -0.39 is 0 Å². The molecule has 1 aromatic carbocycles. The highest BCUT2D eigenvalue weighted by molar-refractivity contribution is 9.09. The third kappa shape index (κ3) is 1.75. The molecule has 1 rings (SSSR count). The smallest absolute Gasteiger partial charge is 0.173 e. The van der Waals surface area contributed by atoms with Gasteiger partial charge in [-0.25, -0.2) is 0 Å². The van der Waals surface area contributed by atoms with Crippen LogP contribution in [0.3, 0.4) is 0 Å². The van der Waals surface area contributed by atoms with E-state index >= 15 is 0 Å². The minimum atomic E-state index is 0.158. The number of benzene rings is 1. The zero-order valence-electron chi connectivity index (χ0n) is 7.23. The Kier molecular flexibility index (Phi) is 3.04. The first-order valence-electron chi connectivity index (χ1n) is 3.82. The molecule has 1 aromatic rings. The lowest BCUT2D eigenvalue weighted by Crippen LogP contribution is -2.04. The number of alkyl halides is 1. The molecule has 1 nitrogen and oxygen atoms in total. The summed E-state index contributed by atoms with van der Waals surface area (Å²) >= 11 is 3.17. The number of carbonyl (C=O) groups is 1. The number of carbonyl (C=O) groups excluding carboxylic acids is 1. The monoisotopic (exact) mass is 226 g/mol. The molecule has 0 heterocycles. The van der Waals surface area contributed by atoms with E-state index in [9.17, 15) is 4.79 Å². The van der Waals surface area contributed by atoms with E-state index in [2.05, 4.69) is 15.9 Å². The molecule has 0 radical (unpaired) electrons. The molecule has 12 heavy (non-hydrogen) atoms. The maximum absolute atomic E-state index is 11.4. The van der Waals surface area contributed by atoms with Crippen molar-refractivity contribution in [2.75, 3.05) is 5.33 Å². The normalized spacial score (nSPS) is 9.92. The first kappa shape index (κ1) is 9.46. The van der Waals surface area contributed by atoms with Crippen molar-refractivity contribution in [1.82, 2.24) is 0 Å². The second-order valence-electron chi connectivity index (χ2n) is 2.82. The molecule has 0 saturated carbocycles. The highest BCUT2D eigenvalue weighted by Crippen LogP contribution is 2.14. The lowest BCUT2D eigenvalue weighted by molar-refractivity contribution is 0.102. The highest BCUT2D eigenvalue weighted by Gasteiger charge is 2.09. The Morgan fingerprint density at radius 2 is 1.83 bits per heavy atom. The molecule has 0 aliphatic heterocycles. The minimum absolute atomic E-state index is 0.158. The third-order valence-corrected chi connectivity index (χ3v) is 2.39. The average molecular weight is 227 g/mol. The molecule has 64 valence electrons. The number of aryl methyl sites for hydroxylation is 2. The Bertz CT molecular complexity index is 284. The van der Waals surface area contributed by atoms with Gasteiger partial charge in [0.15, 0.2) is 5.78 Å². The van der Waals surface area contributed by atoms with Crippen molar-refractivity contribution < 1.29 is 4.79 Å². The van der Waals surface area contributed by atoms with Crippen LogP contribution >= 0.6 is 15.9 Å². The van der Waals surface area contributed by atoms with Gasteiger partial charge >= 0.3 is 0 Å². The molecular formula is C10H11BrO. The summed E-state index contributed by atoms with van der Waals surface area (Å²) in [5.74, 6) is 0.158. The molecule has 0 unspecified atom stereocenters. The molecule has 0 spiro atoms. The molecule has 0 aromatic heterocycles. The van der Waals surface area contributed by atoms with Gasteiger partial charge in [-0.05, 0) is 25.0 Å². The number of rotatable bonds is 2. The van der Waals surface area contributed by atoms with Crippen molar-refractivity contribution in [3.63, 3.8) is 0 Å². The van der Waals surface area contributed by atoms with Crippen molar-refractivity contribution in [2.45, 2.75) is 13.8 Å². The van der Waals surface area contributed by atoms with Gasteiger partial charge in [-0.2, -0.15) is 0 Å². The van der Waals surface area contributed by atoms with Crippen LogP contribution in [0.4, 0.5) is 0 Å². The number of halogens is 1. The van der Waals surface area contributed by atoms with Crippen LogP contribution in [0.2, 0.25) is 0 Å². The lowest BCUT2D eigenvalue weighted by atomic mass is 10.0. The average Bonchev–Trinajstić information content (AvgIpc) is 2.03. The Morgan fingerprint density at radius 3 is 2.25 bits per heavy atom. The van der Waals surface area contributed by atoms with Gasteiger partial charge in [-0.15, -0.1) is 0 Å². The van der Waals surface area contributed by atoms with Crippen LogP contribution in [0, 0.1) is 13.8 Å². The quantitative estimate of drug-likeness (QED) is 0.560. The fraction of sp³-hybridized carbons (Fsp3) is 0.300. The maximum atomic E-state index is 11.4. The van der Waals surface area contributed by atoms with Crippen molar-refractivity contribution in [2.24, 2.45) is 0 Å². The van der Waals surface area contributed by atoms with Crippen molar-refractivity contribution in [1.29, 1.82) is 0 Å². The van der Waals surface area contributed by atoms with Gasteiger partial charge in [0, 0.05) is 5.56 Å². The fourth-order valence-electron chi connectivity index (χ4n) is 1.32. The zero-order chi connectivity index (χ0) is 9.14. The molecule has 0 atom stereocenters. The van der Waals surface area contributed by atoms with Gasteiger partial charge in [0.25, 0.3) is 0 Å². The second kappa shape index (κ2) is 3.85. The van der Waals surface area contributed by atoms with E-state index in [1.165, 1.54) is 0 Å². The molecule has 0 amide bonds. The van der Waals surface area contributed by atoms with Crippen LogP contribution in [-0.2, 0) is 0 Å². The van der Waals surface area contributed by atoms with Crippen LogP contribution in [0.15, 0.2) is 18.2 Å². The summed E-state index contributed by atoms with van der Waals surface area (Å²) in [5.41, 5.74) is 2.97. The third-order valence-electron chi connectivity index (χ3n) is 1.88. The number of ketones is 1. The first-order valence-corrected chi connectivity index (χ1v) is 4.94. The molecule has 0 fully saturated rings. The van der Waals surface area contributed by atoms with E-state index in [0.29, 0.717) is 5.33 Å². The Balaban J connectivity index is 3.21. The van der Waals surface area contributed by atoms with Gasteiger partial charge in [-0.3, -0.25) is 4.79 Å². The summed E-state index contributed by atoms with van der Waals surface area (Å²) in [6, 6.07) is 5.89. The summed E-state index contributed by atoms with van der Waals surface area (Å²) < 4.78 is 0. The largest absolute Gasteiger partial charge is 0.293 e. The summed E-state index contributed by atoms with van der Waals surface area (Å²) in [4.78, 5) is 11.4. The van der Waals surface area contributed by atoms with Gasteiger partial charge < -0.3 is 0 Å². The molecular weight excluding hydrogens is 216 g/mol. The Hall–Kier alpha value is -0.630. The topological polar surface area (TPSA) is 17.1 Å². The Morgan fingerprint density at radius 1 is 1.33 bits per heavy atom. The van der Waals surface area contributed by atoms with Crippen molar-refractivity contribution in [3.05, 3.63) is 34.9 Å². The van der Waals surface area contributed by atoms with Crippen LogP contribution < -0.4 is 0 Å². The number of Topliss-reactive ketones (excluding diaryl/α,β-unsaturated/α-hetero) is 1. The molecule has 0 aliphatic rings. The molecule has 2 heteroatoms. The number of hydrogen-bond donors (Lipinski definition) is 0. The second-order valence-corrected chi connectivity index (χ2v) is 3.38. The van der Waals surface area contributed by atoms with E-state index in [1.54, 1.807) is 0 Å². The number of hydrogen-bond acceptors (Lipinski definition) is 1. The SMILES string of the molecule is Cc1cccc(C)c1C(=O)CBr. The van der Waals surface area contributed by atoms with Crippen LogP contribution in [0.5, 0.6) is 0 Å². The zero-order valence-corrected chi connectivity index (χ0v) is 8.81. The van der Waals surface area contributed by atoms with E-state index in [0.717, 1.165) is 16.7 Å². The predicted octanol–water partition coefficient (Wildman–Crippen LogP) is 2.88. The van der Waals surface area contributed by atoms with E-state index in [1.807, 2.05) is 32.0 Å². The fourth-order valence-corrected chi connectivity index (χ4v) is 1.60. The molecule has 0 saturated heterocycles. The first-order chi connectivity index (χ1) is 5.66. The van der Waals surface area contributed by atoms with Gasteiger partial charge in [0.05, 0.1) is 5.33 Å². The van der Waals surface area contributed by atoms with Crippen LogP contribution in [0.1, 0.15) is 21.5 Å². The minimum Gasteiger partial charge on any atom is -0.293 e. The Labute approximate surface area is 80.9 Å². The molecule has 0 aliphatic carbocycles. The summed E-state index contributed by atoms with van der Waals surface area (Å²) in [6.45, 7) is 3.92. The van der Waals surface area contributed by atoms with Gasteiger partial charge in [0.1, 0.15) is 0 Å². The van der Waals surface area contributed by atoms with E-state index in [-0.39, 0.29) is 5.78 Å². The lowest BCUT2D eigenvalue weighted by Gasteiger charge is -2.05. The summed E-state index contributed by atoms with van der Waals surface area (Å²) in [7, 11) is 0. The van der Waals surface area contributed by atoms with Crippen LogP contribution in [0.25, 0.3) is 0 Å². The molecule has 0 N–H and O–H groups in total. The van der Waals surface area contributed by atoms with E-state index in [4.69, 9.17) is 0 Å². The van der Waals surface area contributed by atoms with Crippen molar-refractivity contribution in [3.8, 4) is 0 Å². The summed E-state index contributed by atoms with van der Waals surface area (Å²) in [5, 5.41) is 0.401. The standard InChI is InChI=1S/C10H11BrO/c1-7-4-3-5-8(2)10(7)9(12)6-11/h3-5H,6H2,1-2H3. The maximum Gasteiger partial charge on any atom is 0.173 e. The van der Waals surface area contributed by atoms with Crippen molar-refractivity contribution >= 4 is 21.7 Å². The van der Waals surface area contributed by atoms with Gasteiger partial charge in [0.2, 0.25) is 0 Å².